The number of carbonyl (C=O) groups is 1. The third-order valence-corrected chi connectivity index (χ3v) is 11.8. The molecule has 1 amide bonds. The van der Waals surface area contributed by atoms with Crippen LogP contribution in [-0.4, -0.2) is 42.7 Å². The first kappa shape index (κ1) is 34.8. The first-order valence-electron chi connectivity index (χ1n) is 15.7. The number of unbranched alkanes of at least 4 members (excludes halogenated alkanes) is 3. The van der Waals surface area contributed by atoms with Gasteiger partial charge in [0.25, 0.3) is 0 Å². The predicted octanol–water partition coefficient (Wildman–Crippen LogP) is 9.44. The average molecular weight is 582 g/mol. The second-order valence-corrected chi connectivity index (χ2v) is 16.3. The van der Waals surface area contributed by atoms with Crippen molar-refractivity contribution in [3.8, 4) is 0 Å². The molecule has 0 bridgehead atoms. The summed E-state index contributed by atoms with van der Waals surface area (Å²) >= 11 is 0. The second kappa shape index (κ2) is 18.2. The number of hydrogen-bond acceptors (Lipinski definition) is 4. The maximum Gasteiger partial charge on any atom is 0.410 e. The minimum Gasteiger partial charge on any atom is -0.444 e. The molecule has 0 spiro atoms. The van der Waals surface area contributed by atoms with E-state index in [0.29, 0.717) is 6.54 Å². The molecule has 0 fully saturated rings. The van der Waals surface area contributed by atoms with Gasteiger partial charge >= 0.3 is 6.09 Å². The van der Waals surface area contributed by atoms with Crippen molar-refractivity contribution in [2.75, 3.05) is 6.54 Å². The number of nitrogens with zero attached hydrogens (tertiary/aromatic N) is 1. The molecule has 228 valence electrons. The van der Waals surface area contributed by atoms with Crippen LogP contribution in [0, 0.1) is 0 Å². The van der Waals surface area contributed by atoms with Crippen LogP contribution in [0.5, 0.6) is 0 Å². The van der Waals surface area contributed by atoms with E-state index >= 15 is 0 Å². The third kappa shape index (κ3) is 13.4. The molecule has 0 unspecified atom stereocenters. The number of ether oxygens (including phenoxy) is 1. The normalized spacial score (nSPS) is 13.7. The van der Waals surface area contributed by atoms with Gasteiger partial charge in [0.2, 0.25) is 0 Å². The molecule has 0 heterocycles. The lowest BCUT2D eigenvalue weighted by Crippen LogP contribution is -2.40. The maximum atomic E-state index is 13.1. The van der Waals surface area contributed by atoms with Crippen molar-refractivity contribution < 1.29 is 19.1 Å². The quantitative estimate of drug-likeness (QED) is 0.141. The van der Waals surface area contributed by atoms with E-state index < -0.39 is 26.1 Å². The fourth-order valence-electron chi connectivity index (χ4n) is 5.03. The van der Waals surface area contributed by atoms with E-state index in [2.05, 4.69) is 32.9 Å². The topological polar surface area (TPSA) is 59.0 Å². The molecule has 0 saturated heterocycles. The summed E-state index contributed by atoms with van der Waals surface area (Å²) < 4.78 is 12.9. The summed E-state index contributed by atoms with van der Waals surface area (Å²) in [6.45, 7) is 12.8. The Labute approximate surface area is 251 Å². The standard InChI is InChI=1S/C35H55NO4Si/c1-7-10-25-41(26-11-8-2,27-12-9-3)40-33(31-21-17-14-18-22-31)24-23-32(37)29-36(34(38)39-35(4,5)6)28-30-19-15-13-16-20-30/h13-24,32-33,37H,7-12,25-29H2,1-6H3/t32-,33+/m0/s1. The molecule has 0 saturated carbocycles. The highest BCUT2D eigenvalue weighted by atomic mass is 28.4. The van der Waals surface area contributed by atoms with Gasteiger partial charge < -0.3 is 19.2 Å². The van der Waals surface area contributed by atoms with E-state index in [4.69, 9.17) is 9.16 Å². The highest BCUT2D eigenvalue weighted by Crippen LogP contribution is 2.35. The Morgan fingerprint density at radius 2 is 1.37 bits per heavy atom. The van der Waals surface area contributed by atoms with Gasteiger partial charge in [0, 0.05) is 6.54 Å². The van der Waals surface area contributed by atoms with Gasteiger partial charge in [-0.25, -0.2) is 4.79 Å². The molecule has 5 nitrogen and oxygen atoms in total. The van der Waals surface area contributed by atoms with Crippen molar-refractivity contribution >= 4 is 14.4 Å². The second-order valence-electron chi connectivity index (χ2n) is 12.2. The first-order valence-corrected chi connectivity index (χ1v) is 18.2. The molecule has 0 aliphatic carbocycles. The van der Waals surface area contributed by atoms with Gasteiger partial charge in [-0.2, -0.15) is 0 Å². The predicted molar refractivity (Wildman–Crippen MR) is 173 cm³/mol. The lowest BCUT2D eigenvalue weighted by molar-refractivity contribution is 0.0162. The number of hydrogen-bond donors (Lipinski definition) is 1. The van der Waals surface area contributed by atoms with Crippen molar-refractivity contribution in [3.05, 3.63) is 83.9 Å². The van der Waals surface area contributed by atoms with Crippen LogP contribution in [0.25, 0.3) is 0 Å². The highest BCUT2D eigenvalue weighted by Gasteiger charge is 2.35. The number of aliphatic hydroxyl groups is 1. The Bertz CT molecular complexity index is 984. The van der Waals surface area contributed by atoms with Gasteiger partial charge in [-0.05, 0) is 50.0 Å². The van der Waals surface area contributed by atoms with Gasteiger partial charge in [-0.3, -0.25) is 0 Å². The van der Waals surface area contributed by atoms with Crippen molar-refractivity contribution in [1.82, 2.24) is 4.90 Å². The minimum atomic E-state index is -2.02. The largest absolute Gasteiger partial charge is 0.444 e. The Balaban J connectivity index is 2.32. The monoisotopic (exact) mass is 581 g/mol. The van der Waals surface area contributed by atoms with Crippen LogP contribution in [0.2, 0.25) is 18.1 Å². The average Bonchev–Trinajstić information content (AvgIpc) is 2.95. The zero-order valence-corrected chi connectivity index (χ0v) is 27.5. The van der Waals surface area contributed by atoms with Crippen LogP contribution in [-0.2, 0) is 15.7 Å². The number of aliphatic hydroxyl groups excluding tert-OH is 1. The van der Waals surface area contributed by atoms with Crippen LogP contribution in [0.15, 0.2) is 72.8 Å². The summed E-state index contributed by atoms with van der Waals surface area (Å²) in [6, 6.07) is 23.7. The molecule has 0 aliphatic heterocycles. The minimum absolute atomic E-state index is 0.131. The van der Waals surface area contributed by atoms with Gasteiger partial charge in [-0.15, -0.1) is 0 Å². The van der Waals surface area contributed by atoms with E-state index in [1.54, 1.807) is 11.0 Å². The number of amides is 1. The smallest absolute Gasteiger partial charge is 0.410 e. The summed E-state index contributed by atoms with van der Waals surface area (Å²) in [5.41, 5.74) is 1.46. The Hall–Kier alpha value is -2.41. The van der Waals surface area contributed by atoms with Crippen LogP contribution in [0.4, 0.5) is 4.79 Å². The summed E-state index contributed by atoms with van der Waals surface area (Å²) in [7, 11) is -2.02. The van der Waals surface area contributed by atoms with Crippen LogP contribution < -0.4 is 0 Å². The van der Waals surface area contributed by atoms with Gasteiger partial charge in [0.1, 0.15) is 5.60 Å². The zero-order chi connectivity index (χ0) is 30.1. The molecule has 2 atom stereocenters. The molecule has 2 aromatic carbocycles. The maximum absolute atomic E-state index is 13.1. The molecule has 0 radical (unpaired) electrons. The molecular weight excluding hydrogens is 526 g/mol. The molecule has 6 heteroatoms. The Morgan fingerprint density at radius 1 is 0.854 bits per heavy atom. The molecular formula is C35H55NO4Si. The van der Waals surface area contributed by atoms with Crippen molar-refractivity contribution in [2.45, 2.75) is 123 Å². The van der Waals surface area contributed by atoms with Gasteiger partial charge in [0.05, 0.1) is 18.8 Å². The third-order valence-electron chi connectivity index (χ3n) is 7.25. The molecule has 0 aromatic heterocycles. The Kier molecular flexibility index (Phi) is 15.4. The zero-order valence-electron chi connectivity index (χ0n) is 26.5. The van der Waals surface area contributed by atoms with Gasteiger partial charge in [-0.1, -0.05) is 132 Å². The van der Waals surface area contributed by atoms with Crippen molar-refractivity contribution in [3.63, 3.8) is 0 Å². The summed E-state index contributed by atoms with van der Waals surface area (Å²) in [5, 5.41) is 11.2. The van der Waals surface area contributed by atoms with E-state index in [9.17, 15) is 9.90 Å². The van der Waals surface area contributed by atoms with Crippen LogP contribution in [0.1, 0.15) is 97.3 Å². The Morgan fingerprint density at radius 3 is 1.85 bits per heavy atom. The van der Waals surface area contributed by atoms with Crippen LogP contribution >= 0.6 is 0 Å². The number of benzene rings is 2. The number of rotatable bonds is 18. The van der Waals surface area contributed by atoms with E-state index in [1.165, 1.54) is 56.7 Å². The SMILES string of the molecule is CCCC[Si](CCCC)(CCCC)O[C@H](C=C[C@H](O)CN(Cc1ccccc1)C(=O)OC(C)(C)C)c1ccccc1. The molecule has 0 aliphatic rings. The fourth-order valence-corrected chi connectivity index (χ4v) is 9.88. The molecule has 1 N–H and O–H groups in total. The van der Waals surface area contributed by atoms with E-state index in [0.717, 1.165) is 11.1 Å². The van der Waals surface area contributed by atoms with Crippen LogP contribution in [0.3, 0.4) is 0 Å². The molecule has 41 heavy (non-hydrogen) atoms. The molecule has 2 rings (SSSR count). The summed E-state index contributed by atoms with van der Waals surface area (Å²) in [4.78, 5) is 14.7. The van der Waals surface area contributed by atoms with E-state index in [-0.39, 0.29) is 12.6 Å². The lowest BCUT2D eigenvalue weighted by Gasteiger charge is -2.35. The summed E-state index contributed by atoms with van der Waals surface area (Å²) in [6.07, 6.45) is 9.38. The first-order chi connectivity index (χ1) is 19.6. The van der Waals surface area contributed by atoms with E-state index in [1.807, 2.05) is 75.4 Å². The number of carbonyl (C=O) groups excluding carboxylic acids is 1. The van der Waals surface area contributed by atoms with Crippen molar-refractivity contribution in [1.29, 1.82) is 0 Å². The van der Waals surface area contributed by atoms with Crippen molar-refractivity contribution in [2.24, 2.45) is 0 Å². The summed E-state index contributed by atoms with van der Waals surface area (Å²) in [5.74, 6) is 0. The van der Waals surface area contributed by atoms with Gasteiger partial charge in [0.15, 0.2) is 8.32 Å². The lowest BCUT2D eigenvalue weighted by atomic mass is 10.1. The highest BCUT2D eigenvalue weighted by molar-refractivity contribution is 6.73. The fraction of sp³-hybridized carbons (Fsp3) is 0.571. The molecule has 2 aromatic rings.